The van der Waals surface area contributed by atoms with Gasteiger partial charge in [0.15, 0.2) is 17.7 Å². The van der Waals surface area contributed by atoms with Gasteiger partial charge in [-0.25, -0.2) is 15.0 Å². The molecule has 2 aromatic heterocycles. The van der Waals surface area contributed by atoms with Gasteiger partial charge in [-0.3, -0.25) is 4.57 Å². The second kappa shape index (κ2) is 7.81. The van der Waals surface area contributed by atoms with E-state index in [0.29, 0.717) is 23.3 Å². The van der Waals surface area contributed by atoms with Crippen LogP contribution < -0.4 is 11.5 Å². The minimum absolute atomic E-state index is 0.0530. The molecule has 0 saturated carbocycles. The van der Waals surface area contributed by atoms with E-state index >= 15 is 0 Å². The van der Waals surface area contributed by atoms with E-state index in [0.717, 1.165) is 5.75 Å². The molecule has 2 aromatic rings. The number of fused-ring (bicyclic) bond motifs is 1. The number of hydrogen-bond donors (Lipinski definition) is 5. The smallest absolute Gasteiger partial charge is 0.167 e. The van der Waals surface area contributed by atoms with E-state index < -0.39 is 24.5 Å². The molecule has 25 heavy (non-hydrogen) atoms. The number of nitrogens with zero attached hydrogens (tertiary/aromatic N) is 4. The summed E-state index contributed by atoms with van der Waals surface area (Å²) in [6.07, 6.45) is -0.0402. The lowest BCUT2D eigenvalue weighted by Gasteiger charge is -2.16. The zero-order valence-electron chi connectivity index (χ0n) is 13.5. The van der Waals surface area contributed by atoms with E-state index in [1.54, 1.807) is 16.3 Å². The SMILES string of the molecule is Nc1ncnc2c1ncn2[C@@H]1O[C@H](CSCC[C@@H](N)CO)[C@@H](O)[C@H]1O. The van der Waals surface area contributed by atoms with Gasteiger partial charge in [-0.05, 0) is 12.2 Å². The lowest BCUT2D eigenvalue weighted by atomic mass is 10.1. The standard InChI is InChI=1S/C14H22N6O4S/c15-7(3-21)1-2-25-4-8-10(22)11(23)14(24-8)20-6-19-9-12(16)17-5-18-13(9)20/h5-8,10-11,14,21-23H,1-4,15H2,(H2,16,17,18)/t7-,8-,10-,11-,14-/m1/s1. The monoisotopic (exact) mass is 370 g/mol. The highest BCUT2D eigenvalue weighted by molar-refractivity contribution is 7.99. The number of imidazole rings is 1. The summed E-state index contributed by atoms with van der Waals surface area (Å²) in [6.45, 7) is -0.0530. The van der Waals surface area contributed by atoms with Gasteiger partial charge in [-0.15, -0.1) is 0 Å². The Balaban J connectivity index is 1.66. The van der Waals surface area contributed by atoms with Crippen LogP contribution in [0.1, 0.15) is 12.6 Å². The van der Waals surface area contributed by atoms with Crippen LogP contribution in [0.25, 0.3) is 11.2 Å². The predicted molar refractivity (Wildman–Crippen MR) is 92.7 cm³/mol. The summed E-state index contributed by atoms with van der Waals surface area (Å²) in [5.41, 5.74) is 12.3. The highest BCUT2D eigenvalue weighted by Crippen LogP contribution is 2.33. The molecular formula is C14H22N6O4S. The molecule has 1 aliphatic rings. The van der Waals surface area contributed by atoms with Crippen molar-refractivity contribution in [1.82, 2.24) is 19.5 Å². The average molecular weight is 370 g/mol. The van der Waals surface area contributed by atoms with Crippen LogP contribution in [0.3, 0.4) is 0 Å². The Morgan fingerprint density at radius 1 is 1.28 bits per heavy atom. The van der Waals surface area contributed by atoms with Crippen molar-refractivity contribution in [2.24, 2.45) is 5.73 Å². The third kappa shape index (κ3) is 3.71. The van der Waals surface area contributed by atoms with Crippen molar-refractivity contribution in [3.63, 3.8) is 0 Å². The number of hydrogen-bond acceptors (Lipinski definition) is 10. The topological polar surface area (TPSA) is 166 Å². The number of thioether (sulfide) groups is 1. The predicted octanol–water partition coefficient (Wildman–Crippen LogP) is -1.53. The molecule has 138 valence electrons. The molecular weight excluding hydrogens is 348 g/mol. The van der Waals surface area contributed by atoms with Crippen LogP contribution in [-0.4, -0.2) is 77.3 Å². The van der Waals surface area contributed by atoms with Crippen molar-refractivity contribution in [3.8, 4) is 0 Å². The molecule has 0 aromatic carbocycles. The van der Waals surface area contributed by atoms with Crippen LogP contribution in [0.4, 0.5) is 5.82 Å². The van der Waals surface area contributed by atoms with E-state index in [4.69, 9.17) is 21.3 Å². The number of ether oxygens (including phenoxy) is 1. The van der Waals surface area contributed by atoms with Crippen molar-refractivity contribution in [2.45, 2.75) is 37.0 Å². The highest BCUT2D eigenvalue weighted by Gasteiger charge is 2.44. The van der Waals surface area contributed by atoms with Gasteiger partial charge < -0.3 is 31.5 Å². The first kappa shape index (κ1) is 18.3. The molecule has 1 saturated heterocycles. The first-order chi connectivity index (χ1) is 12.0. The molecule has 7 N–H and O–H groups in total. The van der Waals surface area contributed by atoms with Crippen molar-refractivity contribution in [2.75, 3.05) is 23.8 Å². The van der Waals surface area contributed by atoms with Crippen molar-refractivity contribution in [3.05, 3.63) is 12.7 Å². The first-order valence-electron chi connectivity index (χ1n) is 7.91. The fourth-order valence-electron chi connectivity index (χ4n) is 2.68. The van der Waals surface area contributed by atoms with E-state index in [9.17, 15) is 10.2 Å². The number of rotatable bonds is 7. The Morgan fingerprint density at radius 3 is 2.84 bits per heavy atom. The molecule has 10 nitrogen and oxygen atoms in total. The number of aliphatic hydroxyl groups is 3. The van der Waals surface area contributed by atoms with Gasteiger partial charge in [0.1, 0.15) is 24.1 Å². The van der Waals surface area contributed by atoms with Crippen LogP contribution in [0.5, 0.6) is 0 Å². The third-order valence-corrected chi connectivity index (χ3v) is 5.24. The van der Waals surface area contributed by atoms with Gasteiger partial charge >= 0.3 is 0 Å². The van der Waals surface area contributed by atoms with Crippen LogP contribution >= 0.6 is 11.8 Å². The lowest BCUT2D eigenvalue weighted by Crippen LogP contribution is -2.32. The molecule has 0 radical (unpaired) electrons. The van der Waals surface area contributed by atoms with Gasteiger partial charge in [-0.1, -0.05) is 0 Å². The molecule has 0 aliphatic carbocycles. The Labute approximate surface area is 148 Å². The second-order valence-corrected chi connectivity index (χ2v) is 7.09. The van der Waals surface area contributed by atoms with Gasteiger partial charge in [0.2, 0.25) is 0 Å². The summed E-state index contributed by atoms with van der Waals surface area (Å²) >= 11 is 1.55. The van der Waals surface area contributed by atoms with Crippen molar-refractivity contribution >= 4 is 28.7 Å². The van der Waals surface area contributed by atoms with E-state index in [1.807, 2.05) is 0 Å². The summed E-state index contributed by atoms with van der Waals surface area (Å²) in [5.74, 6) is 1.47. The molecule has 0 spiro atoms. The van der Waals surface area contributed by atoms with Crippen molar-refractivity contribution in [1.29, 1.82) is 0 Å². The van der Waals surface area contributed by atoms with E-state index in [2.05, 4.69) is 15.0 Å². The van der Waals surface area contributed by atoms with E-state index in [1.165, 1.54) is 12.7 Å². The Hall–Kier alpha value is -1.50. The van der Waals surface area contributed by atoms with Crippen LogP contribution in [0.2, 0.25) is 0 Å². The molecule has 1 aliphatic heterocycles. The summed E-state index contributed by atoms with van der Waals surface area (Å²) in [4.78, 5) is 12.2. The number of aliphatic hydroxyl groups excluding tert-OH is 3. The summed E-state index contributed by atoms with van der Waals surface area (Å²) in [6, 6.07) is -0.247. The van der Waals surface area contributed by atoms with Crippen molar-refractivity contribution < 1.29 is 20.1 Å². The van der Waals surface area contributed by atoms with Gasteiger partial charge in [0.05, 0.1) is 19.0 Å². The van der Waals surface area contributed by atoms with Gasteiger partial charge in [-0.2, -0.15) is 11.8 Å². The minimum atomic E-state index is -1.11. The van der Waals surface area contributed by atoms with Gasteiger partial charge in [0, 0.05) is 11.8 Å². The normalized spacial score (nSPS) is 27.8. The zero-order valence-corrected chi connectivity index (χ0v) is 14.3. The van der Waals surface area contributed by atoms with Crippen LogP contribution in [0.15, 0.2) is 12.7 Å². The van der Waals surface area contributed by atoms with E-state index in [-0.39, 0.29) is 18.5 Å². The zero-order chi connectivity index (χ0) is 18.0. The Bertz CT molecular complexity index is 716. The summed E-state index contributed by atoms with van der Waals surface area (Å²) < 4.78 is 7.38. The molecule has 3 heterocycles. The maximum absolute atomic E-state index is 10.4. The summed E-state index contributed by atoms with van der Waals surface area (Å²) in [5, 5.41) is 29.5. The summed E-state index contributed by atoms with van der Waals surface area (Å²) in [7, 11) is 0. The third-order valence-electron chi connectivity index (χ3n) is 4.15. The second-order valence-electron chi connectivity index (χ2n) is 5.94. The van der Waals surface area contributed by atoms with Crippen LogP contribution in [0, 0.1) is 0 Å². The minimum Gasteiger partial charge on any atom is -0.395 e. The number of nitrogens with two attached hydrogens (primary N) is 2. The lowest BCUT2D eigenvalue weighted by molar-refractivity contribution is -0.0289. The average Bonchev–Trinajstić information content (AvgIpc) is 3.15. The molecule has 3 rings (SSSR count). The highest BCUT2D eigenvalue weighted by atomic mass is 32.2. The fourth-order valence-corrected chi connectivity index (χ4v) is 3.82. The largest absolute Gasteiger partial charge is 0.395 e. The number of anilines is 1. The van der Waals surface area contributed by atoms with Crippen LogP contribution in [-0.2, 0) is 4.74 Å². The molecule has 0 unspecified atom stereocenters. The first-order valence-corrected chi connectivity index (χ1v) is 9.07. The Kier molecular flexibility index (Phi) is 5.71. The maximum atomic E-state index is 10.4. The number of aromatic nitrogens is 4. The number of nitrogen functional groups attached to an aromatic ring is 1. The maximum Gasteiger partial charge on any atom is 0.167 e. The fraction of sp³-hybridized carbons (Fsp3) is 0.643. The molecule has 11 heteroatoms. The quantitative estimate of drug-likeness (QED) is 0.361. The molecule has 5 atom stereocenters. The Morgan fingerprint density at radius 2 is 2.08 bits per heavy atom. The molecule has 1 fully saturated rings. The van der Waals surface area contributed by atoms with Gasteiger partial charge in [0.25, 0.3) is 0 Å². The molecule has 0 bridgehead atoms. The molecule has 0 amide bonds.